The summed E-state index contributed by atoms with van der Waals surface area (Å²) in [6.07, 6.45) is 2.05. The summed E-state index contributed by atoms with van der Waals surface area (Å²) in [5.74, 6) is -0.0897. The lowest BCUT2D eigenvalue weighted by Gasteiger charge is -2.20. The van der Waals surface area contributed by atoms with Crippen LogP contribution in [0.4, 0.5) is 11.5 Å². The normalized spacial score (nSPS) is 12.5. The summed E-state index contributed by atoms with van der Waals surface area (Å²) in [7, 11) is 3.57. The predicted octanol–water partition coefficient (Wildman–Crippen LogP) is 1.84. The average Bonchev–Trinajstić information content (AvgIpc) is 3.17. The van der Waals surface area contributed by atoms with Crippen LogP contribution in [-0.4, -0.2) is 100 Å². The van der Waals surface area contributed by atoms with Crippen LogP contribution in [0.15, 0.2) is 29.5 Å². The number of hydrogen-bond acceptors (Lipinski definition) is 10. The molecule has 12 nitrogen and oxygen atoms in total. The SMILES string of the molecule is CNCCNc1ncnc2[nH]c(O)c(C=Nc3ccc(Cl)c(OCC(O)CN(C)CCC(=O)O)c3)c12. The third kappa shape index (κ3) is 7.52. The Kier molecular flexibility index (Phi) is 9.82. The van der Waals surface area contributed by atoms with Crippen molar-refractivity contribution in [3.8, 4) is 11.6 Å². The van der Waals surface area contributed by atoms with E-state index in [-0.39, 0.29) is 25.5 Å². The van der Waals surface area contributed by atoms with Gasteiger partial charge in [0.1, 0.15) is 36.3 Å². The highest BCUT2D eigenvalue weighted by molar-refractivity contribution is 6.32. The fourth-order valence-corrected chi connectivity index (χ4v) is 3.57. The number of aliphatic hydroxyl groups excluding tert-OH is 1. The van der Waals surface area contributed by atoms with Crippen molar-refractivity contribution in [1.82, 2.24) is 25.2 Å². The Morgan fingerprint density at radius 3 is 2.92 bits per heavy atom. The number of carboxylic acid groups (broad SMARTS) is 1. The van der Waals surface area contributed by atoms with Crippen molar-refractivity contribution in [2.45, 2.75) is 12.5 Å². The molecule has 0 aliphatic heterocycles. The van der Waals surface area contributed by atoms with Crippen LogP contribution in [0.1, 0.15) is 12.0 Å². The van der Waals surface area contributed by atoms with Gasteiger partial charge in [-0.05, 0) is 26.2 Å². The summed E-state index contributed by atoms with van der Waals surface area (Å²) in [5.41, 5.74) is 1.41. The zero-order chi connectivity index (χ0) is 26.1. The van der Waals surface area contributed by atoms with Gasteiger partial charge in [0.25, 0.3) is 0 Å². The van der Waals surface area contributed by atoms with Gasteiger partial charge in [0.15, 0.2) is 5.88 Å². The molecule has 3 aromatic rings. The third-order valence-corrected chi connectivity index (χ3v) is 5.51. The second-order valence-corrected chi connectivity index (χ2v) is 8.51. The quantitative estimate of drug-likeness (QED) is 0.136. The van der Waals surface area contributed by atoms with Gasteiger partial charge < -0.3 is 40.6 Å². The van der Waals surface area contributed by atoms with Gasteiger partial charge in [-0.3, -0.25) is 9.79 Å². The molecular weight excluding hydrogens is 490 g/mol. The topological polar surface area (TPSA) is 168 Å². The second kappa shape index (κ2) is 13.0. The number of aliphatic hydroxyl groups is 1. The first kappa shape index (κ1) is 27.1. The molecular formula is C23H30ClN7O5. The van der Waals surface area contributed by atoms with Crippen LogP contribution in [0.25, 0.3) is 11.0 Å². The summed E-state index contributed by atoms with van der Waals surface area (Å²) in [6, 6.07) is 4.93. The molecule has 0 aliphatic carbocycles. The Morgan fingerprint density at radius 1 is 1.36 bits per heavy atom. The molecule has 0 radical (unpaired) electrons. The average molecular weight is 520 g/mol. The maximum atomic E-state index is 10.7. The van der Waals surface area contributed by atoms with Gasteiger partial charge in [-0.25, -0.2) is 9.97 Å². The van der Waals surface area contributed by atoms with Crippen molar-refractivity contribution < 1.29 is 24.9 Å². The Labute approximate surface area is 213 Å². The molecule has 0 fully saturated rings. The summed E-state index contributed by atoms with van der Waals surface area (Å²) >= 11 is 6.25. The molecule has 3 rings (SSSR count). The molecule has 1 atom stereocenters. The molecule has 0 amide bonds. The Hall–Kier alpha value is -3.45. The summed E-state index contributed by atoms with van der Waals surface area (Å²) < 4.78 is 5.68. The molecule has 0 saturated carbocycles. The van der Waals surface area contributed by atoms with Gasteiger partial charge in [0, 0.05) is 38.5 Å². The molecule has 36 heavy (non-hydrogen) atoms. The number of carbonyl (C=O) groups is 1. The summed E-state index contributed by atoms with van der Waals surface area (Å²) in [5, 5.41) is 36.6. The van der Waals surface area contributed by atoms with E-state index in [0.29, 0.717) is 52.0 Å². The van der Waals surface area contributed by atoms with Crippen LogP contribution in [0.5, 0.6) is 11.6 Å². The third-order valence-electron chi connectivity index (χ3n) is 5.19. The number of likely N-dealkylation sites (N-methyl/N-ethyl adjacent to an activating group) is 2. The largest absolute Gasteiger partial charge is 0.494 e. The number of ether oxygens (including phenoxy) is 1. The molecule has 0 saturated heterocycles. The Morgan fingerprint density at radius 2 is 2.17 bits per heavy atom. The number of aromatic hydroxyl groups is 1. The smallest absolute Gasteiger partial charge is 0.304 e. The number of H-pyrrole nitrogens is 1. The zero-order valence-corrected chi connectivity index (χ0v) is 20.8. The fraction of sp³-hybridized carbons (Fsp3) is 0.391. The molecule has 194 valence electrons. The van der Waals surface area contributed by atoms with Crippen LogP contribution >= 0.6 is 11.6 Å². The van der Waals surface area contributed by atoms with Crippen molar-refractivity contribution in [3.05, 3.63) is 35.1 Å². The first-order chi connectivity index (χ1) is 17.3. The van der Waals surface area contributed by atoms with Gasteiger partial charge >= 0.3 is 5.97 Å². The van der Waals surface area contributed by atoms with E-state index in [1.165, 1.54) is 12.5 Å². The first-order valence-corrected chi connectivity index (χ1v) is 11.6. The van der Waals surface area contributed by atoms with E-state index >= 15 is 0 Å². The number of aromatic amines is 1. The van der Waals surface area contributed by atoms with Crippen molar-refractivity contribution in [2.24, 2.45) is 4.99 Å². The highest BCUT2D eigenvalue weighted by atomic mass is 35.5. The number of rotatable bonds is 14. The van der Waals surface area contributed by atoms with Crippen molar-refractivity contribution in [3.63, 3.8) is 0 Å². The summed E-state index contributed by atoms with van der Waals surface area (Å²) in [4.78, 5) is 28.1. The van der Waals surface area contributed by atoms with E-state index in [0.717, 1.165) is 6.54 Å². The molecule has 2 aromatic heterocycles. The first-order valence-electron chi connectivity index (χ1n) is 11.3. The highest BCUT2D eigenvalue weighted by Gasteiger charge is 2.16. The van der Waals surface area contributed by atoms with Crippen LogP contribution in [0, 0.1) is 0 Å². The lowest BCUT2D eigenvalue weighted by Crippen LogP contribution is -2.34. The van der Waals surface area contributed by atoms with E-state index < -0.39 is 12.1 Å². The number of carboxylic acids is 1. The highest BCUT2D eigenvalue weighted by Crippen LogP contribution is 2.32. The number of anilines is 1. The Bertz CT molecular complexity index is 1200. The molecule has 6 N–H and O–H groups in total. The number of hydrogen-bond donors (Lipinski definition) is 6. The van der Waals surface area contributed by atoms with Gasteiger partial charge in [-0.2, -0.15) is 0 Å². The molecule has 13 heteroatoms. The van der Waals surface area contributed by atoms with E-state index in [1.807, 2.05) is 7.05 Å². The molecule has 1 unspecified atom stereocenters. The maximum absolute atomic E-state index is 10.7. The number of benzene rings is 1. The zero-order valence-electron chi connectivity index (χ0n) is 20.0. The molecule has 1 aromatic carbocycles. The van der Waals surface area contributed by atoms with Gasteiger partial charge in [-0.1, -0.05) is 11.6 Å². The minimum absolute atomic E-state index is 0.0123. The molecule has 0 bridgehead atoms. The van der Waals surface area contributed by atoms with Crippen LogP contribution in [-0.2, 0) is 4.79 Å². The number of halogens is 1. The number of nitrogens with zero attached hydrogens (tertiary/aromatic N) is 4. The van der Waals surface area contributed by atoms with Gasteiger partial charge in [0.2, 0.25) is 0 Å². The van der Waals surface area contributed by atoms with E-state index in [2.05, 4.69) is 30.6 Å². The monoisotopic (exact) mass is 519 g/mol. The van der Waals surface area contributed by atoms with E-state index in [9.17, 15) is 15.0 Å². The lowest BCUT2D eigenvalue weighted by molar-refractivity contribution is -0.137. The number of fused-ring (bicyclic) bond motifs is 1. The maximum Gasteiger partial charge on any atom is 0.304 e. The predicted molar refractivity (Wildman–Crippen MR) is 138 cm³/mol. The van der Waals surface area contributed by atoms with Crippen molar-refractivity contribution in [2.75, 3.05) is 52.2 Å². The van der Waals surface area contributed by atoms with Crippen molar-refractivity contribution >= 4 is 46.3 Å². The fourth-order valence-electron chi connectivity index (χ4n) is 3.40. The number of aliphatic imine (C=N–C) groups is 1. The van der Waals surface area contributed by atoms with Gasteiger partial charge in [0.05, 0.1) is 28.1 Å². The molecule has 2 heterocycles. The molecule has 0 spiro atoms. The number of aliphatic carboxylic acids is 1. The van der Waals surface area contributed by atoms with Crippen LogP contribution in [0.3, 0.4) is 0 Å². The van der Waals surface area contributed by atoms with E-state index in [1.54, 1.807) is 30.1 Å². The minimum atomic E-state index is -0.897. The number of nitrogens with one attached hydrogen (secondary N) is 3. The lowest BCUT2D eigenvalue weighted by atomic mass is 10.2. The summed E-state index contributed by atoms with van der Waals surface area (Å²) in [6.45, 7) is 1.88. The van der Waals surface area contributed by atoms with Crippen molar-refractivity contribution in [1.29, 1.82) is 0 Å². The standard InChI is InChI=1S/C23H30ClN7O5/c1-25-6-7-26-21-20-16(23(35)30-22(20)29-13-28-21)10-27-14-3-4-17(24)18(9-14)36-12-15(32)11-31(2)8-5-19(33)34/h3-4,9-10,13,15,25,32,35H,5-8,11-12H2,1-2H3,(H,33,34)(H2,26,28,29,30). The second-order valence-electron chi connectivity index (χ2n) is 8.11. The van der Waals surface area contributed by atoms with E-state index in [4.69, 9.17) is 21.4 Å². The minimum Gasteiger partial charge on any atom is -0.494 e. The van der Waals surface area contributed by atoms with Crippen LogP contribution in [0.2, 0.25) is 5.02 Å². The Balaban J connectivity index is 1.71. The van der Waals surface area contributed by atoms with Gasteiger partial charge in [-0.15, -0.1) is 0 Å². The number of aromatic nitrogens is 3. The van der Waals surface area contributed by atoms with Crippen LogP contribution < -0.4 is 15.4 Å². The molecule has 0 aliphatic rings.